The Balaban J connectivity index is 2.41. The van der Waals surface area contributed by atoms with Crippen molar-refractivity contribution in [3.8, 4) is 0 Å². The van der Waals surface area contributed by atoms with Crippen molar-refractivity contribution in [3.05, 3.63) is 0 Å². The van der Waals surface area contributed by atoms with Gasteiger partial charge in [-0.25, -0.2) is 0 Å². The summed E-state index contributed by atoms with van der Waals surface area (Å²) in [5.41, 5.74) is -0.103. The summed E-state index contributed by atoms with van der Waals surface area (Å²) in [5.74, 6) is 0.719. The standard InChI is InChI=1S/C9H19NO/c1-5-7(2)8-6-11-9(3,4)10-8/h7-8,10H,5-6H2,1-4H3/t7?,8-/m1/s1. The number of hydrogen-bond acceptors (Lipinski definition) is 2. The first kappa shape index (κ1) is 9.01. The molecule has 2 nitrogen and oxygen atoms in total. The van der Waals surface area contributed by atoms with Gasteiger partial charge in [0.1, 0.15) is 5.72 Å². The van der Waals surface area contributed by atoms with E-state index in [9.17, 15) is 0 Å². The molecule has 1 heterocycles. The van der Waals surface area contributed by atoms with Gasteiger partial charge in [-0.2, -0.15) is 0 Å². The third-order valence-corrected chi connectivity index (χ3v) is 2.49. The Morgan fingerprint density at radius 2 is 2.27 bits per heavy atom. The van der Waals surface area contributed by atoms with E-state index in [1.165, 1.54) is 6.42 Å². The average molecular weight is 157 g/mol. The summed E-state index contributed by atoms with van der Waals surface area (Å²) in [6.07, 6.45) is 1.22. The highest BCUT2D eigenvalue weighted by atomic mass is 16.5. The number of hydrogen-bond donors (Lipinski definition) is 1. The lowest BCUT2D eigenvalue weighted by atomic mass is 10.0. The van der Waals surface area contributed by atoms with E-state index < -0.39 is 0 Å². The van der Waals surface area contributed by atoms with Gasteiger partial charge in [0.25, 0.3) is 0 Å². The van der Waals surface area contributed by atoms with Crippen LogP contribution in [0.4, 0.5) is 0 Å². The van der Waals surface area contributed by atoms with Crippen molar-refractivity contribution in [2.24, 2.45) is 5.92 Å². The maximum atomic E-state index is 5.56. The molecule has 0 aromatic carbocycles. The summed E-state index contributed by atoms with van der Waals surface area (Å²) < 4.78 is 5.56. The second kappa shape index (κ2) is 3.11. The number of rotatable bonds is 2. The van der Waals surface area contributed by atoms with E-state index in [2.05, 4.69) is 33.0 Å². The fourth-order valence-corrected chi connectivity index (χ4v) is 1.42. The highest BCUT2D eigenvalue weighted by Gasteiger charge is 2.32. The zero-order chi connectivity index (χ0) is 8.48. The molecular weight excluding hydrogens is 138 g/mol. The second-order valence-electron chi connectivity index (χ2n) is 3.96. The third kappa shape index (κ3) is 2.17. The highest BCUT2D eigenvalue weighted by molar-refractivity contribution is 4.84. The predicted molar refractivity (Wildman–Crippen MR) is 46.4 cm³/mol. The molecule has 11 heavy (non-hydrogen) atoms. The first-order valence-corrected chi connectivity index (χ1v) is 4.47. The van der Waals surface area contributed by atoms with Crippen LogP contribution >= 0.6 is 0 Å². The van der Waals surface area contributed by atoms with Crippen LogP contribution in [0.25, 0.3) is 0 Å². The van der Waals surface area contributed by atoms with Crippen molar-refractivity contribution in [1.82, 2.24) is 5.32 Å². The molecule has 0 bridgehead atoms. The van der Waals surface area contributed by atoms with Gasteiger partial charge in [0.15, 0.2) is 0 Å². The molecule has 1 saturated heterocycles. The van der Waals surface area contributed by atoms with Gasteiger partial charge in [0.05, 0.1) is 6.61 Å². The lowest BCUT2D eigenvalue weighted by Gasteiger charge is -2.20. The van der Waals surface area contributed by atoms with E-state index in [4.69, 9.17) is 4.74 Å². The molecule has 2 heteroatoms. The monoisotopic (exact) mass is 157 g/mol. The van der Waals surface area contributed by atoms with E-state index in [0.29, 0.717) is 6.04 Å². The minimum absolute atomic E-state index is 0.103. The van der Waals surface area contributed by atoms with Gasteiger partial charge >= 0.3 is 0 Å². The van der Waals surface area contributed by atoms with Crippen molar-refractivity contribution >= 4 is 0 Å². The minimum atomic E-state index is -0.103. The SMILES string of the molecule is CCC(C)[C@H]1COC(C)(C)N1. The van der Waals surface area contributed by atoms with Crippen LogP contribution in [-0.2, 0) is 4.74 Å². The highest BCUT2D eigenvalue weighted by Crippen LogP contribution is 2.20. The molecular formula is C9H19NO. The third-order valence-electron chi connectivity index (χ3n) is 2.49. The molecule has 0 spiro atoms. The Labute approximate surface area is 69.3 Å². The summed E-state index contributed by atoms with van der Waals surface area (Å²) in [6, 6.07) is 0.551. The van der Waals surface area contributed by atoms with E-state index in [1.807, 2.05) is 0 Å². The predicted octanol–water partition coefficient (Wildman–Crippen LogP) is 1.76. The van der Waals surface area contributed by atoms with E-state index >= 15 is 0 Å². The van der Waals surface area contributed by atoms with Crippen molar-refractivity contribution in [3.63, 3.8) is 0 Å². The molecule has 1 rings (SSSR count). The Kier molecular flexibility index (Phi) is 2.55. The number of nitrogens with one attached hydrogen (secondary N) is 1. The molecule has 66 valence electrons. The zero-order valence-corrected chi connectivity index (χ0v) is 7.98. The van der Waals surface area contributed by atoms with Crippen LogP contribution in [0.5, 0.6) is 0 Å². The molecule has 1 fully saturated rings. The smallest absolute Gasteiger partial charge is 0.113 e. The van der Waals surface area contributed by atoms with Crippen LogP contribution in [0.3, 0.4) is 0 Å². The summed E-state index contributed by atoms with van der Waals surface area (Å²) in [4.78, 5) is 0. The van der Waals surface area contributed by atoms with Crippen LogP contribution in [0.15, 0.2) is 0 Å². The van der Waals surface area contributed by atoms with Crippen LogP contribution < -0.4 is 5.32 Å². The first-order valence-electron chi connectivity index (χ1n) is 4.47. The van der Waals surface area contributed by atoms with Crippen molar-refractivity contribution in [2.45, 2.75) is 45.9 Å². The second-order valence-corrected chi connectivity index (χ2v) is 3.96. The largest absolute Gasteiger partial charge is 0.360 e. The molecule has 0 amide bonds. The van der Waals surface area contributed by atoms with Crippen LogP contribution in [0, 0.1) is 5.92 Å². The van der Waals surface area contributed by atoms with Gasteiger partial charge < -0.3 is 4.74 Å². The van der Waals surface area contributed by atoms with Crippen molar-refractivity contribution in [2.75, 3.05) is 6.61 Å². The Bertz CT molecular complexity index is 134. The normalized spacial score (nSPS) is 32.2. The van der Waals surface area contributed by atoms with Gasteiger partial charge in [0.2, 0.25) is 0 Å². The van der Waals surface area contributed by atoms with E-state index in [0.717, 1.165) is 12.5 Å². The fourth-order valence-electron chi connectivity index (χ4n) is 1.42. The molecule has 1 aliphatic heterocycles. The summed E-state index contributed by atoms with van der Waals surface area (Å²) in [5, 5.41) is 3.46. The lowest BCUT2D eigenvalue weighted by molar-refractivity contribution is 0.0230. The van der Waals surface area contributed by atoms with Crippen LogP contribution in [0.1, 0.15) is 34.1 Å². The van der Waals surface area contributed by atoms with Crippen LogP contribution in [0.2, 0.25) is 0 Å². The quantitative estimate of drug-likeness (QED) is 0.659. The molecule has 0 aromatic heterocycles. The van der Waals surface area contributed by atoms with Gasteiger partial charge in [-0.1, -0.05) is 20.3 Å². The molecule has 1 unspecified atom stereocenters. The summed E-state index contributed by atoms with van der Waals surface area (Å²) in [7, 11) is 0. The van der Waals surface area contributed by atoms with Gasteiger partial charge in [0, 0.05) is 6.04 Å². The Morgan fingerprint density at radius 3 is 2.64 bits per heavy atom. The van der Waals surface area contributed by atoms with Crippen molar-refractivity contribution < 1.29 is 4.74 Å². The first-order chi connectivity index (χ1) is 5.05. The molecule has 0 aliphatic carbocycles. The number of ether oxygens (including phenoxy) is 1. The topological polar surface area (TPSA) is 21.3 Å². The zero-order valence-electron chi connectivity index (χ0n) is 7.98. The van der Waals surface area contributed by atoms with Gasteiger partial charge in [-0.3, -0.25) is 5.32 Å². The maximum absolute atomic E-state index is 5.56. The average Bonchev–Trinajstić information content (AvgIpc) is 2.29. The van der Waals surface area contributed by atoms with Gasteiger partial charge in [-0.15, -0.1) is 0 Å². The van der Waals surface area contributed by atoms with E-state index in [1.54, 1.807) is 0 Å². The Morgan fingerprint density at radius 1 is 1.64 bits per heavy atom. The van der Waals surface area contributed by atoms with Gasteiger partial charge in [-0.05, 0) is 19.8 Å². The summed E-state index contributed by atoms with van der Waals surface area (Å²) in [6.45, 7) is 9.51. The molecule has 1 N–H and O–H groups in total. The minimum Gasteiger partial charge on any atom is -0.360 e. The summed E-state index contributed by atoms with van der Waals surface area (Å²) >= 11 is 0. The molecule has 0 radical (unpaired) electrons. The molecule has 1 aliphatic rings. The molecule has 0 aromatic rings. The van der Waals surface area contributed by atoms with E-state index in [-0.39, 0.29) is 5.72 Å². The maximum Gasteiger partial charge on any atom is 0.113 e. The fraction of sp³-hybridized carbons (Fsp3) is 1.00. The molecule has 2 atom stereocenters. The Hall–Kier alpha value is -0.0800. The molecule has 0 saturated carbocycles. The van der Waals surface area contributed by atoms with Crippen LogP contribution in [-0.4, -0.2) is 18.4 Å². The lowest BCUT2D eigenvalue weighted by Crippen LogP contribution is -2.41. The van der Waals surface area contributed by atoms with Crippen molar-refractivity contribution in [1.29, 1.82) is 0 Å².